The summed E-state index contributed by atoms with van der Waals surface area (Å²) >= 11 is 11.9. The van der Waals surface area contributed by atoms with E-state index in [1.807, 2.05) is 0 Å². The predicted molar refractivity (Wildman–Crippen MR) is 104 cm³/mol. The van der Waals surface area contributed by atoms with Crippen molar-refractivity contribution >= 4 is 40.8 Å². The van der Waals surface area contributed by atoms with Crippen molar-refractivity contribution in [2.75, 3.05) is 5.32 Å². The van der Waals surface area contributed by atoms with Crippen molar-refractivity contribution in [3.05, 3.63) is 45.7 Å². The summed E-state index contributed by atoms with van der Waals surface area (Å²) in [6.45, 7) is -3.02. The number of rotatable bonds is 7. The van der Waals surface area contributed by atoms with Crippen molar-refractivity contribution in [2.45, 2.75) is 31.0 Å². The molecule has 0 unspecified atom stereocenters. The van der Waals surface area contributed by atoms with E-state index in [-0.39, 0.29) is 32.4 Å². The molecule has 6 N–H and O–H groups in total. The largest absolute Gasteiger partial charge is 0.352 e. The molecule has 0 saturated heterocycles. The van der Waals surface area contributed by atoms with E-state index in [4.69, 9.17) is 34.7 Å². The molecule has 0 radical (unpaired) electrons. The number of anilines is 1. The smallest absolute Gasteiger partial charge is 0.333 e. The summed E-state index contributed by atoms with van der Waals surface area (Å²) in [5.41, 5.74) is 7.85. The van der Waals surface area contributed by atoms with E-state index in [0.717, 1.165) is 12.3 Å². The van der Waals surface area contributed by atoms with Crippen molar-refractivity contribution in [1.29, 1.82) is 0 Å². The Balaban J connectivity index is 1.99. The first-order valence-corrected chi connectivity index (χ1v) is 9.48. The molecule has 3 atom stereocenters. The van der Waals surface area contributed by atoms with E-state index >= 15 is 0 Å². The number of hydrogen-bond donors (Lipinski definition) is 4. The second-order valence-electron chi connectivity index (χ2n) is 6.90. The van der Waals surface area contributed by atoms with Crippen LogP contribution < -0.4 is 22.1 Å². The Hall–Kier alpha value is -2.57. The number of hydrogen-bond acceptors (Lipinski definition) is 4. The molecular formula is C17H16Cl2F4N6O2. The van der Waals surface area contributed by atoms with Crippen LogP contribution in [-0.4, -0.2) is 34.2 Å². The third-order valence-electron chi connectivity index (χ3n) is 4.87. The van der Waals surface area contributed by atoms with Gasteiger partial charge in [0.1, 0.15) is 5.54 Å². The van der Waals surface area contributed by atoms with Crippen molar-refractivity contribution in [3.63, 3.8) is 0 Å². The molecule has 2 aromatic rings. The quantitative estimate of drug-likeness (QED) is 0.451. The number of nitrogens with two attached hydrogens (primary N) is 2. The normalized spacial score (nSPS) is 19.9. The van der Waals surface area contributed by atoms with Gasteiger partial charge in [0.25, 0.3) is 12.3 Å². The predicted octanol–water partition coefficient (Wildman–Crippen LogP) is 3.31. The zero-order valence-corrected chi connectivity index (χ0v) is 17.0. The van der Waals surface area contributed by atoms with Crippen LogP contribution in [0.3, 0.4) is 0 Å². The van der Waals surface area contributed by atoms with Gasteiger partial charge in [-0.3, -0.25) is 4.79 Å². The Kier molecular flexibility index (Phi) is 6.35. The molecule has 14 heteroatoms. The van der Waals surface area contributed by atoms with E-state index in [9.17, 15) is 27.2 Å². The first-order chi connectivity index (χ1) is 14.5. The van der Waals surface area contributed by atoms with Crippen molar-refractivity contribution in [2.24, 2.45) is 17.4 Å². The number of carbonyl (C=O) groups is 2. The lowest BCUT2D eigenvalue weighted by Crippen LogP contribution is -2.56. The van der Waals surface area contributed by atoms with Crippen LogP contribution in [0.5, 0.6) is 0 Å². The number of amides is 3. The summed E-state index contributed by atoms with van der Waals surface area (Å²) in [4.78, 5) is 23.9. The molecule has 1 saturated carbocycles. The number of primary amides is 1. The van der Waals surface area contributed by atoms with Crippen LogP contribution in [0.15, 0.2) is 24.4 Å². The van der Waals surface area contributed by atoms with Crippen LogP contribution in [0.4, 0.5) is 28.0 Å². The van der Waals surface area contributed by atoms with E-state index in [2.05, 4.69) is 15.7 Å². The molecule has 8 nitrogen and oxygen atoms in total. The molecule has 3 amide bonds. The number of nitrogens with zero attached hydrogens (tertiary/aromatic N) is 2. The van der Waals surface area contributed by atoms with Gasteiger partial charge >= 0.3 is 12.6 Å². The first-order valence-electron chi connectivity index (χ1n) is 8.72. The molecule has 1 aliphatic rings. The molecule has 0 spiro atoms. The molecule has 1 aliphatic carbocycles. The molecule has 0 aliphatic heterocycles. The van der Waals surface area contributed by atoms with E-state index in [1.54, 1.807) is 0 Å². The summed E-state index contributed by atoms with van der Waals surface area (Å²) in [5, 5.41) is 7.33. The summed E-state index contributed by atoms with van der Waals surface area (Å²) < 4.78 is 54.2. The number of urea groups is 1. The highest BCUT2D eigenvalue weighted by Crippen LogP contribution is 2.50. The SMILES string of the molecule is NC(=O)N[C@@](c1cc(NC(=O)c2nn(C(F)F)cc2Cl)ccc1Cl)(C(F)F)[C@H]1C[C@H]1N. The van der Waals surface area contributed by atoms with Crippen LogP contribution in [0.2, 0.25) is 10.0 Å². The Morgan fingerprint density at radius 1 is 1.23 bits per heavy atom. The van der Waals surface area contributed by atoms with Gasteiger partial charge < -0.3 is 22.1 Å². The maximum Gasteiger partial charge on any atom is 0.333 e. The minimum Gasteiger partial charge on any atom is -0.352 e. The summed E-state index contributed by atoms with van der Waals surface area (Å²) in [5.74, 6) is -1.83. The van der Waals surface area contributed by atoms with Gasteiger partial charge in [-0.05, 0) is 24.6 Å². The lowest BCUT2D eigenvalue weighted by Gasteiger charge is -2.35. The van der Waals surface area contributed by atoms with Gasteiger partial charge in [0.05, 0.1) is 11.2 Å². The van der Waals surface area contributed by atoms with Crippen LogP contribution in [-0.2, 0) is 5.54 Å². The Morgan fingerprint density at radius 3 is 2.35 bits per heavy atom. The topological polar surface area (TPSA) is 128 Å². The van der Waals surface area contributed by atoms with E-state index in [1.165, 1.54) is 12.1 Å². The van der Waals surface area contributed by atoms with Crippen molar-refractivity contribution < 1.29 is 27.2 Å². The van der Waals surface area contributed by atoms with Crippen molar-refractivity contribution in [1.82, 2.24) is 15.1 Å². The Bertz CT molecular complexity index is 1020. The fourth-order valence-corrected chi connectivity index (χ4v) is 3.87. The number of aromatic nitrogens is 2. The lowest BCUT2D eigenvalue weighted by atomic mass is 9.84. The van der Waals surface area contributed by atoms with Crippen LogP contribution in [0.1, 0.15) is 29.0 Å². The van der Waals surface area contributed by atoms with Crippen LogP contribution >= 0.6 is 23.2 Å². The molecule has 1 heterocycles. The standard InChI is InChI=1S/C17H16Cl2F4N6O2/c18-9-2-1-6(26-13(30)12-10(19)5-29(28-12)15(22)23)3-7(9)17(14(20)21,27-16(25)31)8-4-11(8)24/h1-3,5,8,11,14-15H,4,24H2,(H,26,30)(H3,25,27,31)/t8-,11+,17+/m0/s1. The summed E-state index contributed by atoms with van der Waals surface area (Å²) in [7, 11) is 0. The molecule has 1 fully saturated rings. The summed E-state index contributed by atoms with van der Waals surface area (Å²) in [6, 6.07) is 1.78. The van der Waals surface area contributed by atoms with Gasteiger partial charge in [0, 0.05) is 28.2 Å². The second-order valence-corrected chi connectivity index (χ2v) is 7.71. The fraction of sp³-hybridized carbons (Fsp3) is 0.353. The number of nitrogens with one attached hydrogen (secondary N) is 2. The highest BCUT2D eigenvalue weighted by atomic mass is 35.5. The van der Waals surface area contributed by atoms with Gasteiger partial charge in [-0.25, -0.2) is 18.3 Å². The van der Waals surface area contributed by atoms with Crippen LogP contribution in [0, 0.1) is 5.92 Å². The van der Waals surface area contributed by atoms with Crippen LogP contribution in [0.25, 0.3) is 0 Å². The zero-order valence-electron chi connectivity index (χ0n) is 15.5. The molecule has 168 valence electrons. The van der Waals surface area contributed by atoms with Gasteiger partial charge in [-0.15, -0.1) is 0 Å². The Labute approximate surface area is 182 Å². The number of alkyl halides is 4. The summed E-state index contributed by atoms with van der Waals surface area (Å²) in [6.07, 6.45) is -2.20. The van der Waals surface area contributed by atoms with Gasteiger partial charge in [-0.2, -0.15) is 13.9 Å². The molecule has 3 rings (SSSR count). The first kappa shape index (κ1) is 23.1. The Morgan fingerprint density at radius 2 is 1.87 bits per heavy atom. The fourth-order valence-electron chi connectivity index (χ4n) is 3.37. The van der Waals surface area contributed by atoms with Gasteiger partial charge in [0.2, 0.25) is 0 Å². The highest BCUT2D eigenvalue weighted by molar-refractivity contribution is 6.34. The lowest BCUT2D eigenvalue weighted by molar-refractivity contribution is 0.0193. The number of carbonyl (C=O) groups excluding carboxylic acids is 2. The zero-order chi connectivity index (χ0) is 23.1. The monoisotopic (exact) mass is 482 g/mol. The minimum atomic E-state index is -3.14. The molecule has 31 heavy (non-hydrogen) atoms. The second kappa shape index (κ2) is 8.52. The van der Waals surface area contributed by atoms with E-state index < -0.39 is 48.1 Å². The average Bonchev–Trinajstić information content (AvgIpc) is 3.26. The van der Waals surface area contributed by atoms with Gasteiger partial charge in [0.15, 0.2) is 5.69 Å². The third-order valence-corrected chi connectivity index (χ3v) is 5.48. The van der Waals surface area contributed by atoms with Gasteiger partial charge in [-0.1, -0.05) is 23.2 Å². The minimum absolute atomic E-state index is 0.0300. The maximum absolute atomic E-state index is 14.3. The third kappa shape index (κ3) is 4.41. The highest BCUT2D eigenvalue weighted by Gasteiger charge is 2.59. The van der Waals surface area contributed by atoms with Crippen molar-refractivity contribution in [3.8, 4) is 0 Å². The molecular weight excluding hydrogens is 467 g/mol. The number of halogens is 6. The molecule has 1 aromatic heterocycles. The maximum atomic E-state index is 14.3. The van der Waals surface area contributed by atoms with E-state index in [0.29, 0.717) is 0 Å². The number of benzene rings is 1. The average molecular weight is 483 g/mol. The molecule has 0 bridgehead atoms. The molecule has 1 aromatic carbocycles.